The normalized spacial score (nSPS) is 19.7. The van der Waals surface area contributed by atoms with Gasteiger partial charge in [0, 0.05) is 19.2 Å². The average molecular weight is 407 g/mol. The van der Waals surface area contributed by atoms with Gasteiger partial charge < -0.3 is 15.4 Å². The zero-order valence-electron chi connectivity index (χ0n) is 17.7. The van der Waals surface area contributed by atoms with E-state index in [0.717, 1.165) is 68.5 Å². The second-order valence-corrected chi connectivity index (χ2v) is 8.01. The smallest absolute Gasteiger partial charge is 0.329 e. The molecule has 0 bridgehead atoms. The quantitative estimate of drug-likeness (QED) is 0.763. The fourth-order valence-corrected chi connectivity index (χ4v) is 4.27. The fourth-order valence-electron chi connectivity index (χ4n) is 4.27. The van der Waals surface area contributed by atoms with Crippen molar-refractivity contribution in [3.63, 3.8) is 0 Å². The van der Waals surface area contributed by atoms with E-state index in [-0.39, 0.29) is 11.7 Å². The van der Waals surface area contributed by atoms with Crippen molar-refractivity contribution < 1.29 is 4.74 Å². The van der Waals surface area contributed by atoms with Gasteiger partial charge in [0.2, 0.25) is 0 Å². The Balaban J connectivity index is 1.39. The van der Waals surface area contributed by atoms with Crippen molar-refractivity contribution in [1.29, 1.82) is 0 Å². The van der Waals surface area contributed by atoms with Crippen LogP contribution in [0.2, 0.25) is 0 Å². The SMILES string of the molecule is Cn1c(=O)n(C2CCCNC2)c2ccc(C#CCC#CCOC3CCNCC3)cc21. The first-order valence-electron chi connectivity index (χ1n) is 10.9. The molecular weight excluding hydrogens is 376 g/mol. The zero-order valence-corrected chi connectivity index (χ0v) is 17.7. The lowest BCUT2D eigenvalue weighted by Gasteiger charge is -2.23. The molecule has 0 amide bonds. The molecule has 1 unspecified atom stereocenters. The van der Waals surface area contributed by atoms with E-state index in [9.17, 15) is 4.79 Å². The molecular formula is C24H30N4O2. The summed E-state index contributed by atoms with van der Waals surface area (Å²) in [7, 11) is 1.84. The monoisotopic (exact) mass is 406 g/mol. The summed E-state index contributed by atoms with van der Waals surface area (Å²) in [6, 6.07) is 6.24. The third-order valence-corrected chi connectivity index (χ3v) is 5.94. The summed E-state index contributed by atoms with van der Waals surface area (Å²) in [6.45, 7) is 4.41. The summed E-state index contributed by atoms with van der Waals surface area (Å²) < 4.78 is 9.44. The largest absolute Gasteiger partial charge is 0.365 e. The molecule has 30 heavy (non-hydrogen) atoms. The van der Waals surface area contributed by atoms with Gasteiger partial charge in [0.25, 0.3) is 0 Å². The van der Waals surface area contributed by atoms with Gasteiger partial charge in [-0.15, -0.1) is 0 Å². The molecule has 4 rings (SSSR count). The fraction of sp³-hybridized carbons (Fsp3) is 0.542. The van der Waals surface area contributed by atoms with Gasteiger partial charge in [-0.25, -0.2) is 4.79 Å². The summed E-state index contributed by atoms with van der Waals surface area (Å²) >= 11 is 0. The number of rotatable bonds is 3. The zero-order chi connectivity index (χ0) is 20.8. The lowest BCUT2D eigenvalue weighted by atomic mass is 10.1. The molecule has 0 radical (unpaired) electrons. The molecule has 0 spiro atoms. The maximum Gasteiger partial charge on any atom is 0.329 e. The second-order valence-electron chi connectivity index (χ2n) is 8.01. The van der Waals surface area contributed by atoms with Gasteiger partial charge in [0.05, 0.1) is 29.6 Å². The Hall–Kier alpha value is -2.51. The minimum absolute atomic E-state index is 0.0448. The molecule has 3 heterocycles. The second kappa shape index (κ2) is 10.00. The van der Waals surface area contributed by atoms with Crippen LogP contribution in [0.15, 0.2) is 23.0 Å². The molecule has 0 aliphatic carbocycles. The number of aryl methyl sites for hydroxylation is 1. The maximum atomic E-state index is 12.8. The molecule has 1 aromatic carbocycles. The third kappa shape index (κ3) is 4.79. The van der Waals surface area contributed by atoms with Crippen LogP contribution in [0.25, 0.3) is 11.0 Å². The Labute approximate surface area is 178 Å². The molecule has 1 aromatic heterocycles. The van der Waals surface area contributed by atoms with Crippen LogP contribution in [-0.4, -0.2) is 48.0 Å². The number of piperidine rings is 2. The predicted molar refractivity (Wildman–Crippen MR) is 119 cm³/mol. The summed E-state index contributed by atoms with van der Waals surface area (Å²) in [5.74, 6) is 12.4. The minimum atomic E-state index is 0.0448. The maximum absolute atomic E-state index is 12.8. The number of hydrogen-bond donors (Lipinski definition) is 2. The Kier molecular flexibility index (Phi) is 6.92. The van der Waals surface area contributed by atoms with Gasteiger partial charge in [0.1, 0.15) is 6.61 Å². The van der Waals surface area contributed by atoms with E-state index in [4.69, 9.17) is 4.74 Å². The van der Waals surface area contributed by atoms with Crippen molar-refractivity contribution in [2.24, 2.45) is 7.05 Å². The highest BCUT2D eigenvalue weighted by atomic mass is 16.5. The van der Waals surface area contributed by atoms with Crippen LogP contribution in [0.3, 0.4) is 0 Å². The number of imidazole rings is 1. The average Bonchev–Trinajstić information content (AvgIpc) is 3.04. The van der Waals surface area contributed by atoms with Crippen molar-refractivity contribution in [2.75, 3.05) is 32.8 Å². The highest BCUT2D eigenvalue weighted by Gasteiger charge is 2.21. The van der Waals surface area contributed by atoms with Crippen molar-refractivity contribution in [3.05, 3.63) is 34.2 Å². The Bertz CT molecular complexity index is 1050. The molecule has 2 aliphatic heterocycles. The first kappa shape index (κ1) is 20.8. The number of ether oxygens (including phenoxy) is 1. The van der Waals surface area contributed by atoms with Crippen LogP contribution in [0, 0.1) is 23.7 Å². The number of hydrogen-bond acceptors (Lipinski definition) is 4. The van der Waals surface area contributed by atoms with Crippen LogP contribution in [0.4, 0.5) is 0 Å². The Morgan fingerprint density at radius 1 is 1.07 bits per heavy atom. The molecule has 6 nitrogen and oxygen atoms in total. The summed E-state index contributed by atoms with van der Waals surface area (Å²) in [5.41, 5.74) is 2.86. The first-order chi connectivity index (χ1) is 14.7. The van der Waals surface area contributed by atoms with E-state index < -0.39 is 0 Å². The Morgan fingerprint density at radius 3 is 2.73 bits per heavy atom. The highest BCUT2D eigenvalue weighted by Crippen LogP contribution is 2.22. The summed E-state index contributed by atoms with van der Waals surface area (Å²) in [5, 5.41) is 6.72. The van der Waals surface area contributed by atoms with E-state index in [0.29, 0.717) is 19.1 Å². The molecule has 2 N–H and O–H groups in total. The van der Waals surface area contributed by atoms with Crippen LogP contribution < -0.4 is 16.3 Å². The number of aromatic nitrogens is 2. The van der Waals surface area contributed by atoms with Crippen molar-refractivity contribution in [3.8, 4) is 23.7 Å². The summed E-state index contributed by atoms with van der Waals surface area (Å²) in [6.07, 6.45) is 5.11. The van der Waals surface area contributed by atoms with Crippen LogP contribution in [-0.2, 0) is 11.8 Å². The van der Waals surface area contributed by atoms with Crippen LogP contribution >= 0.6 is 0 Å². The predicted octanol–water partition coefficient (Wildman–Crippen LogP) is 1.78. The lowest BCUT2D eigenvalue weighted by molar-refractivity contribution is 0.0547. The number of nitrogens with one attached hydrogen (secondary N) is 2. The molecule has 1 atom stereocenters. The third-order valence-electron chi connectivity index (χ3n) is 5.94. The standard InChI is InChI=1S/C24H30N4O2/c1-27-23-17-19(7-4-2-3-5-16-30-21-11-14-25-15-12-21)9-10-22(23)28(24(27)29)20-8-6-13-26-18-20/h9-10,17,20-21,25-26H,2,6,8,11-16,18H2,1H3. The number of nitrogens with zero attached hydrogens (tertiary/aromatic N) is 2. The van der Waals surface area contributed by atoms with E-state index in [1.807, 2.05) is 29.8 Å². The van der Waals surface area contributed by atoms with Gasteiger partial charge >= 0.3 is 5.69 Å². The van der Waals surface area contributed by atoms with Crippen LogP contribution in [0.5, 0.6) is 0 Å². The number of benzene rings is 1. The minimum Gasteiger partial charge on any atom is -0.365 e. The first-order valence-corrected chi connectivity index (χ1v) is 10.9. The molecule has 6 heteroatoms. The van der Waals surface area contributed by atoms with Crippen molar-refractivity contribution in [2.45, 2.75) is 44.2 Å². The van der Waals surface area contributed by atoms with Crippen molar-refractivity contribution in [1.82, 2.24) is 19.8 Å². The van der Waals surface area contributed by atoms with Gasteiger partial charge in [-0.3, -0.25) is 9.13 Å². The summed E-state index contributed by atoms with van der Waals surface area (Å²) in [4.78, 5) is 12.8. The van der Waals surface area contributed by atoms with E-state index >= 15 is 0 Å². The van der Waals surface area contributed by atoms with Gasteiger partial charge in [-0.2, -0.15) is 0 Å². The Morgan fingerprint density at radius 2 is 1.93 bits per heavy atom. The van der Waals surface area contributed by atoms with Crippen molar-refractivity contribution >= 4 is 11.0 Å². The van der Waals surface area contributed by atoms with Crippen LogP contribution in [0.1, 0.15) is 43.7 Å². The highest BCUT2D eigenvalue weighted by molar-refractivity contribution is 5.78. The lowest BCUT2D eigenvalue weighted by Crippen LogP contribution is -2.36. The molecule has 2 saturated heterocycles. The van der Waals surface area contributed by atoms with Gasteiger partial charge in [-0.05, 0) is 63.5 Å². The van der Waals surface area contributed by atoms with Gasteiger partial charge in [-0.1, -0.05) is 23.7 Å². The van der Waals surface area contributed by atoms with E-state index in [1.54, 1.807) is 4.57 Å². The topological polar surface area (TPSA) is 60.2 Å². The van der Waals surface area contributed by atoms with E-state index in [2.05, 4.69) is 34.3 Å². The van der Waals surface area contributed by atoms with E-state index in [1.165, 1.54) is 0 Å². The molecule has 0 saturated carbocycles. The van der Waals surface area contributed by atoms with Gasteiger partial charge in [0.15, 0.2) is 0 Å². The molecule has 2 fully saturated rings. The molecule has 2 aliphatic rings. The molecule has 2 aromatic rings. The number of fused-ring (bicyclic) bond motifs is 1. The molecule has 158 valence electrons.